The summed E-state index contributed by atoms with van der Waals surface area (Å²) < 4.78 is 4.63. The van der Waals surface area contributed by atoms with Crippen LogP contribution in [0.2, 0.25) is 0 Å². The maximum atomic E-state index is 11.2. The summed E-state index contributed by atoms with van der Waals surface area (Å²) in [4.78, 5) is 32.2. The number of methoxy groups -OCH3 is 1. The number of benzene rings is 3. The molecule has 0 amide bonds. The topological polar surface area (TPSA) is 127 Å². The molecule has 0 unspecified atom stereocenters. The molecule has 0 atom stereocenters. The number of aromatic carboxylic acids is 2. The SMILES string of the molecule is COC(=O)c1cc(C)ccc1C.Cc1ccc(C)c(C(=O)O)c1.Cc1ccc(N)c(C(=O)O)c1. The minimum atomic E-state index is -0.980. The average molecular weight is 466 g/mol. The summed E-state index contributed by atoms with van der Waals surface area (Å²) in [5.41, 5.74) is 11.6. The van der Waals surface area contributed by atoms with E-state index in [0.29, 0.717) is 16.8 Å². The number of carboxylic acid groups (broad SMARTS) is 2. The zero-order valence-corrected chi connectivity index (χ0v) is 20.3. The third-order valence-corrected chi connectivity index (χ3v) is 4.86. The predicted octanol–water partition coefficient (Wildman–Crippen LogP) is 5.37. The highest BCUT2D eigenvalue weighted by Gasteiger charge is 2.08. The van der Waals surface area contributed by atoms with Gasteiger partial charge in [0.15, 0.2) is 0 Å². The van der Waals surface area contributed by atoms with Crippen LogP contribution < -0.4 is 5.73 Å². The Morgan fingerprint density at radius 1 is 0.647 bits per heavy atom. The lowest BCUT2D eigenvalue weighted by molar-refractivity contribution is 0.0598. The Balaban J connectivity index is 0.000000255. The molecule has 0 aliphatic heterocycles. The highest BCUT2D eigenvalue weighted by atomic mass is 16.5. The first-order valence-electron chi connectivity index (χ1n) is 10.4. The lowest BCUT2D eigenvalue weighted by Crippen LogP contribution is -2.03. The van der Waals surface area contributed by atoms with Crippen molar-refractivity contribution in [3.63, 3.8) is 0 Å². The van der Waals surface area contributed by atoms with Crippen LogP contribution in [0.25, 0.3) is 0 Å². The molecule has 0 saturated heterocycles. The molecule has 0 heterocycles. The van der Waals surface area contributed by atoms with Crippen molar-refractivity contribution in [3.05, 3.63) is 99.1 Å². The van der Waals surface area contributed by atoms with Gasteiger partial charge in [-0.1, -0.05) is 47.0 Å². The van der Waals surface area contributed by atoms with Crippen molar-refractivity contribution < 1.29 is 29.3 Å². The Bertz CT molecular complexity index is 1120. The van der Waals surface area contributed by atoms with E-state index in [1.807, 2.05) is 58.0 Å². The maximum absolute atomic E-state index is 11.2. The van der Waals surface area contributed by atoms with Gasteiger partial charge in [0.25, 0.3) is 0 Å². The Labute approximate surface area is 199 Å². The lowest BCUT2D eigenvalue weighted by atomic mass is 10.1. The number of nitrogen functional groups attached to an aromatic ring is 1. The van der Waals surface area contributed by atoms with Crippen molar-refractivity contribution >= 4 is 23.6 Å². The van der Waals surface area contributed by atoms with Gasteiger partial charge in [-0.2, -0.15) is 0 Å². The van der Waals surface area contributed by atoms with Crippen LogP contribution in [0.15, 0.2) is 54.6 Å². The molecular formula is C27H31NO6. The van der Waals surface area contributed by atoms with Crippen LogP contribution in [0.5, 0.6) is 0 Å². The van der Waals surface area contributed by atoms with Gasteiger partial charge in [0.2, 0.25) is 0 Å². The number of carbonyl (C=O) groups excluding carboxylic acids is 1. The van der Waals surface area contributed by atoms with E-state index >= 15 is 0 Å². The summed E-state index contributed by atoms with van der Waals surface area (Å²) in [6, 6.07) is 16.1. The molecule has 7 heteroatoms. The van der Waals surface area contributed by atoms with E-state index in [2.05, 4.69) is 4.74 Å². The number of carboxylic acids is 2. The first-order chi connectivity index (χ1) is 15.9. The van der Waals surface area contributed by atoms with Crippen molar-refractivity contribution in [3.8, 4) is 0 Å². The third-order valence-electron chi connectivity index (χ3n) is 4.86. The zero-order valence-electron chi connectivity index (χ0n) is 20.3. The molecule has 0 aromatic heterocycles. The number of carbonyl (C=O) groups is 3. The normalized spacial score (nSPS) is 9.59. The van der Waals surface area contributed by atoms with Crippen LogP contribution in [-0.2, 0) is 4.74 Å². The number of ether oxygens (including phenoxy) is 1. The Hall–Kier alpha value is -4.13. The number of hydrogen-bond donors (Lipinski definition) is 3. The summed E-state index contributed by atoms with van der Waals surface area (Å²) in [7, 11) is 1.39. The fourth-order valence-corrected chi connectivity index (χ4v) is 2.89. The smallest absolute Gasteiger partial charge is 0.338 e. The number of esters is 1. The molecule has 7 nitrogen and oxygen atoms in total. The lowest BCUT2D eigenvalue weighted by Gasteiger charge is -2.03. The quantitative estimate of drug-likeness (QED) is 0.351. The van der Waals surface area contributed by atoms with Crippen LogP contribution in [-0.4, -0.2) is 35.2 Å². The van der Waals surface area contributed by atoms with Crippen LogP contribution >= 0.6 is 0 Å². The van der Waals surface area contributed by atoms with Crippen LogP contribution in [0.1, 0.15) is 58.9 Å². The largest absolute Gasteiger partial charge is 0.478 e. The van der Waals surface area contributed by atoms with E-state index in [0.717, 1.165) is 27.8 Å². The van der Waals surface area contributed by atoms with Gasteiger partial charge in [-0.05, 0) is 70.0 Å². The molecule has 4 N–H and O–H groups in total. The van der Waals surface area contributed by atoms with Gasteiger partial charge in [-0.25, -0.2) is 14.4 Å². The Morgan fingerprint density at radius 3 is 1.41 bits per heavy atom. The standard InChI is InChI=1S/C10H12O2.C9H10O2.C8H9NO2/c1-7-4-5-8(2)9(6-7)10(11)12-3;1-6-3-4-7(2)8(5-6)9(10)11;1-5-2-3-7(9)6(4-5)8(10)11/h4-6H,1-3H3;3-5H,1-2H3,(H,10,11);2-4H,9H2,1H3,(H,10,11). The molecule has 0 aliphatic carbocycles. The molecule has 34 heavy (non-hydrogen) atoms. The minimum absolute atomic E-state index is 0.171. The van der Waals surface area contributed by atoms with Crippen molar-refractivity contribution in [2.75, 3.05) is 12.8 Å². The molecule has 180 valence electrons. The summed E-state index contributed by atoms with van der Waals surface area (Å²) in [6.45, 7) is 9.35. The minimum Gasteiger partial charge on any atom is -0.478 e. The number of hydrogen-bond acceptors (Lipinski definition) is 5. The maximum Gasteiger partial charge on any atom is 0.338 e. The van der Waals surface area contributed by atoms with Gasteiger partial charge in [-0.3, -0.25) is 0 Å². The highest BCUT2D eigenvalue weighted by molar-refractivity contribution is 5.93. The molecule has 0 radical (unpaired) electrons. The summed E-state index contributed by atoms with van der Waals surface area (Å²) >= 11 is 0. The van der Waals surface area contributed by atoms with E-state index in [9.17, 15) is 14.4 Å². The number of nitrogens with two attached hydrogens (primary N) is 1. The van der Waals surface area contributed by atoms with Crippen molar-refractivity contribution in [1.29, 1.82) is 0 Å². The van der Waals surface area contributed by atoms with Gasteiger partial charge in [0.05, 0.1) is 23.8 Å². The third kappa shape index (κ3) is 8.43. The van der Waals surface area contributed by atoms with E-state index < -0.39 is 11.9 Å². The first kappa shape index (κ1) is 27.9. The second-order valence-electron chi connectivity index (χ2n) is 7.83. The van der Waals surface area contributed by atoms with E-state index in [1.54, 1.807) is 31.2 Å². The second kappa shape index (κ2) is 12.8. The second-order valence-corrected chi connectivity index (χ2v) is 7.83. The molecule has 0 bridgehead atoms. The first-order valence-corrected chi connectivity index (χ1v) is 10.4. The molecule has 3 aromatic carbocycles. The zero-order chi connectivity index (χ0) is 26.0. The molecular weight excluding hydrogens is 434 g/mol. The predicted molar refractivity (Wildman–Crippen MR) is 133 cm³/mol. The fraction of sp³-hybridized carbons (Fsp3) is 0.222. The summed E-state index contributed by atoms with van der Waals surface area (Å²) in [6.07, 6.45) is 0. The Kier molecular flexibility index (Phi) is 10.5. The molecule has 0 fully saturated rings. The van der Waals surface area contributed by atoms with Crippen LogP contribution in [0.4, 0.5) is 5.69 Å². The van der Waals surface area contributed by atoms with Crippen molar-refractivity contribution in [2.45, 2.75) is 34.6 Å². The number of aryl methyl sites for hydroxylation is 5. The van der Waals surface area contributed by atoms with E-state index in [4.69, 9.17) is 15.9 Å². The molecule has 3 rings (SSSR count). The average Bonchev–Trinajstić information content (AvgIpc) is 2.78. The molecule has 0 spiro atoms. The van der Waals surface area contributed by atoms with Gasteiger partial charge < -0.3 is 20.7 Å². The van der Waals surface area contributed by atoms with E-state index in [-0.39, 0.29) is 11.5 Å². The van der Waals surface area contributed by atoms with Crippen molar-refractivity contribution in [2.24, 2.45) is 0 Å². The molecule has 0 aliphatic rings. The number of rotatable bonds is 3. The van der Waals surface area contributed by atoms with Gasteiger partial charge in [0, 0.05) is 5.69 Å². The highest BCUT2D eigenvalue weighted by Crippen LogP contribution is 2.13. The monoisotopic (exact) mass is 465 g/mol. The Morgan fingerprint density at radius 2 is 1.03 bits per heavy atom. The van der Waals surface area contributed by atoms with Gasteiger partial charge >= 0.3 is 17.9 Å². The van der Waals surface area contributed by atoms with Gasteiger partial charge in [-0.15, -0.1) is 0 Å². The van der Waals surface area contributed by atoms with Crippen molar-refractivity contribution in [1.82, 2.24) is 0 Å². The summed E-state index contributed by atoms with van der Waals surface area (Å²) in [5.74, 6) is -2.10. The van der Waals surface area contributed by atoms with Crippen LogP contribution in [0.3, 0.4) is 0 Å². The van der Waals surface area contributed by atoms with Crippen LogP contribution in [0, 0.1) is 34.6 Å². The number of anilines is 1. The molecule has 3 aromatic rings. The summed E-state index contributed by atoms with van der Waals surface area (Å²) in [5, 5.41) is 17.3. The molecule has 0 saturated carbocycles. The fourth-order valence-electron chi connectivity index (χ4n) is 2.89. The van der Waals surface area contributed by atoms with E-state index in [1.165, 1.54) is 7.11 Å². The van der Waals surface area contributed by atoms with Gasteiger partial charge in [0.1, 0.15) is 0 Å².